The number of halogens is 2. The van der Waals surface area contributed by atoms with Gasteiger partial charge in [0.2, 0.25) is 0 Å². The monoisotopic (exact) mass is 411 g/mol. The predicted molar refractivity (Wildman–Crippen MR) is 113 cm³/mol. The Kier molecular flexibility index (Phi) is 7.59. The van der Waals surface area contributed by atoms with Crippen molar-refractivity contribution < 1.29 is 9.47 Å². The summed E-state index contributed by atoms with van der Waals surface area (Å²) in [5, 5.41) is 3.60. The molecule has 1 saturated heterocycles. The molecule has 2 aliphatic rings. The maximum atomic E-state index is 5.95. The number of hydrogen-bond acceptors (Lipinski definition) is 4. The number of hydrogen-bond donors (Lipinski definition) is 1. The molecule has 4 rings (SSSR count). The van der Waals surface area contributed by atoms with Crippen LogP contribution in [-0.2, 0) is 0 Å². The molecule has 2 aromatic rings. The van der Waals surface area contributed by atoms with E-state index in [-0.39, 0.29) is 24.8 Å². The molecule has 0 spiro atoms. The highest BCUT2D eigenvalue weighted by Gasteiger charge is 2.25. The smallest absolute Gasteiger partial charge is 0.139 e. The SMILES string of the molecule is CC[C@H]1C[C@H](n2ccnc2C2=Cc3cc(OC)ccc3OC2)CCN1.Cl.Cl. The highest BCUT2D eigenvalue weighted by Crippen LogP contribution is 2.34. The number of aromatic nitrogens is 2. The van der Waals surface area contributed by atoms with Crippen LogP contribution in [0.1, 0.15) is 43.6 Å². The largest absolute Gasteiger partial charge is 0.497 e. The Bertz CT molecular complexity index is 791. The molecule has 5 nitrogen and oxygen atoms in total. The number of nitrogens with zero attached hydrogens (tertiary/aromatic N) is 2. The average Bonchev–Trinajstić information content (AvgIpc) is 3.17. The van der Waals surface area contributed by atoms with Crippen LogP contribution < -0.4 is 14.8 Å². The maximum absolute atomic E-state index is 5.95. The molecule has 2 atom stereocenters. The number of ether oxygens (including phenoxy) is 2. The summed E-state index contributed by atoms with van der Waals surface area (Å²) in [6.07, 6.45) is 9.65. The van der Waals surface area contributed by atoms with Gasteiger partial charge in [-0.2, -0.15) is 0 Å². The van der Waals surface area contributed by atoms with E-state index in [9.17, 15) is 0 Å². The van der Waals surface area contributed by atoms with Crippen molar-refractivity contribution in [3.05, 3.63) is 42.0 Å². The van der Waals surface area contributed by atoms with Crippen LogP contribution in [0.3, 0.4) is 0 Å². The van der Waals surface area contributed by atoms with Crippen LogP contribution in [0.5, 0.6) is 11.5 Å². The number of nitrogens with one attached hydrogen (secondary N) is 1. The number of piperidine rings is 1. The molecule has 1 aromatic heterocycles. The summed E-state index contributed by atoms with van der Waals surface area (Å²) in [6.45, 7) is 3.87. The van der Waals surface area contributed by atoms with Gasteiger partial charge in [-0.15, -0.1) is 24.8 Å². The topological polar surface area (TPSA) is 48.3 Å². The fraction of sp³-hybridized carbons (Fsp3) is 0.450. The second-order valence-electron chi connectivity index (χ2n) is 6.76. The first-order valence-electron chi connectivity index (χ1n) is 9.06. The van der Waals surface area contributed by atoms with Crippen molar-refractivity contribution in [3.63, 3.8) is 0 Å². The summed E-state index contributed by atoms with van der Waals surface area (Å²) < 4.78 is 13.6. The van der Waals surface area contributed by atoms with Gasteiger partial charge >= 0.3 is 0 Å². The minimum atomic E-state index is 0. The fourth-order valence-corrected chi connectivity index (χ4v) is 3.82. The van der Waals surface area contributed by atoms with E-state index in [1.165, 1.54) is 6.42 Å². The van der Waals surface area contributed by atoms with Crippen molar-refractivity contribution in [2.45, 2.75) is 38.3 Å². The summed E-state index contributed by atoms with van der Waals surface area (Å²) in [5.41, 5.74) is 2.17. The summed E-state index contributed by atoms with van der Waals surface area (Å²) in [4.78, 5) is 4.64. The molecule has 0 aliphatic carbocycles. The van der Waals surface area contributed by atoms with Crippen molar-refractivity contribution in [1.29, 1.82) is 0 Å². The van der Waals surface area contributed by atoms with Gasteiger partial charge in [-0.3, -0.25) is 0 Å². The van der Waals surface area contributed by atoms with Gasteiger partial charge in [0.15, 0.2) is 0 Å². The van der Waals surface area contributed by atoms with Crippen LogP contribution in [0.4, 0.5) is 0 Å². The molecule has 0 unspecified atom stereocenters. The lowest BCUT2D eigenvalue weighted by molar-refractivity contribution is 0.292. The van der Waals surface area contributed by atoms with E-state index < -0.39 is 0 Å². The Morgan fingerprint density at radius 1 is 1.33 bits per heavy atom. The highest BCUT2D eigenvalue weighted by molar-refractivity contribution is 5.85. The van der Waals surface area contributed by atoms with Crippen LogP contribution in [0.15, 0.2) is 30.6 Å². The van der Waals surface area contributed by atoms with E-state index in [1.807, 2.05) is 24.4 Å². The number of methoxy groups -OCH3 is 1. The molecule has 7 heteroatoms. The van der Waals surface area contributed by atoms with Crippen molar-refractivity contribution >= 4 is 36.5 Å². The molecule has 0 saturated carbocycles. The average molecular weight is 412 g/mol. The second kappa shape index (κ2) is 9.49. The molecule has 1 fully saturated rings. The van der Waals surface area contributed by atoms with Gasteiger partial charge in [0, 0.05) is 35.6 Å². The van der Waals surface area contributed by atoms with Gasteiger partial charge in [0.05, 0.1) is 7.11 Å². The van der Waals surface area contributed by atoms with Gasteiger partial charge in [-0.25, -0.2) is 4.98 Å². The van der Waals surface area contributed by atoms with Gasteiger partial charge in [0.1, 0.15) is 23.9 Å². The first-order valence-corrected chi connectivity index (χ1v) is 9.06. The quantitative estimate of drug-likeness (QED) is 0.810. The third kappa shape index (κ3) is 4.42. The van der Waals surface area contributed by atoms with Crippen molar-refractivity contribution in [1.82, 2.24) is 14.9 Å². The second-order valence-corrected chi connectivity index (χ2v) is 6.76. The lowest BCUT2D eigenvalue weighted by Crippen LogP contribution is -2.38. The van der Waals surface area contributed by atoms with E-state index in [4.69, 9.17) is 9.47 Å². The van der Waals surface area contributed by atoms with Crippen LogP contribution >= 0.6 is 24.8 Å². The highest BCUT2D eigenvalue weighted by atomic mass is 35.5. The number of fused-ring (bicyclic) bond motifs is 1. The lowest BCUT2D eigenvalue weighted by atomic mass is 9.97. The van der Waals surface area contributed by atoms with Crippen molar-refractivity contribution in [2.75, 3.05) is 20.3 Å². The normalized spacial score (nSPS) is 21.0. The minimum absolute atomic E-state index is 0. The number of benzene rings is 1. The predicted octanol–water partition coefficient (Wildman–Crippen LogP) is 4.37. The molecule has 2 aliphatic heterocycles. The molecular formula is C20H27Cl2N3O2. The molecular weight excluding hydrogens is 385 g/mol. The van der Waals surface area contributed by atoms with Gasteiger partial charge in [-0.1, -0.05) is 6.92 Å². The molecule has 3 heterocycles. The fourth-order valence-electron chi connectivity index (χ4n) is 3.82. The molecule has 27 heavy (non-hydrogen) atoms. The van der Waals surface area contributed by atoms with Crippen LogP contribution in [-0.4, -0.2) is 35.9 Å². The molecule has 0 radical (unpaired) electrons. The van der Waals surface area contributed by atoms with Gasteiger partial charge < -0.3 is 19.4 Å². The molecule has 1 N–H and O–H groups in total. The summed E-state index contributed by atoms with van der Waals surface area (Å²) in [5.74, 6) is 2.76. The first kappa shape index (κ1) is 21.6. The zero-order chi connectivity index (χ0) is 17.2. The van der Waals surface area contributed by atoms with Crippen LogP contribution in [0.2, 0.25) is 0 Å². The van der Waals surface area contributed by atoms with E-state index in [0.717, 1.165) is 47.8 Å². The standard InChI is InChI=1S/C20H25N3O2.2ClH/c1-3-16-12-17(6-7-21-16)23-9-8-22-20(23)15-10-14-11-18(24-2)4-5-19(14)25-13-15;;/h4-5,8-11,16-17,21H,3,6-7,12-13H2,1-2H3;2*1H/t16-,17+;;/m0../s1. The van der Waals surface area contributed by atoms with Crippen LogP contribution in [0.25, 0.3) is 11.6 Å². The molecule has 0 bridgehead atoms. The Hall–Kier alpha value is -1.69. The van der Waals surface area contributed by atoms with Crippen molar-refractivity contribution in [3.8, 4) is 11.5 Å². The Morgan fingerprint density at radius 3 is 2.96 bits per heavy atom. The number of imidazole rings is 1. The Morgan fingerprint density at radius 2 is 2.19 bits per heavy atom. The lowest BCUT2D eigenvalue weighted by Gasteiger charge is -2.32. The van der Waals surface area contributed by atoms with E-state index in [2.05, 4.69) is 34.1 Å². The third-order valence-corrected chi connectivity index (χ3v) is 5.24. The molecule has 148 valence electrons. The zero-order valence-corrected chi connectivity index (χ0v) is 17.3. The summed E-state index contributed by atoms with van der Waals surface area (Å²) in [7, 11) is 1.68. The van der Waals surface area contributed by atoms with Gasteiger partial charge in [-0.05, 0) is 50.1 Å². The first-order chi connectivity index (χ1) is 12.3. The van der Waals surface area contributed by atoms with Gasteiger partial charge in [0.25, 0.3) is 0 Å². The van der Waals surface area contributed by atoms with Crippen LogP contribution in [0, 0.1) is 0 Å². The Balaban J connectivity index is 0.00000131. The molecule has 1 aromatic carbocycles. The Labute approximate surface area is 173 Å². The molecule has 0 amide bonds. The van der Waals surface area contributed by atoms with E-state index in [1.54, 1.807) is 7.11 Å². The third-order valence-electron chi connectivity index (χ3n) is 5.24. The van der Waals surface area contributed by atoms with E-state index in [0.29, 0.717) is 18.7 Å². The number of rotatable bonds is 4. The summed E-state index contributed by atoms with van der Waals surface area (Å²) in [6, 6.07) is 7.00. The summed E-state index contributed by atoms with van der Waals surface area (Å²) >= 11 is 0. The zero-order valence-electron chi connectivity index (χ0n) is 15.7. The van der Waals surface area contributed by atoms with E-state index >= 15 is 0 Å². The van der Waals surface area contributed by atoms with Crippen molar-refractivity contribution in [2.24, 2.45) is 0 Å². The minimum Gasteiger partial charge on any atom is -0.497 e. The maximum Gasteiger partial charge on any atom is 0.139 e.